The van der Waals surface area contributed by atoms with Crippen molar-refractivity contribution in [3.05, 3.63) is 29.6 Å². The summed E-state index contributed by atoms with van der Waals surface area (Å²) in [4.78, 5) is 15.3. The minimum Gasteiger partial charge on any atom is -0.348 e. The number of carbonyl (C=O) groups excluding carboxylic acids is 1. The average molecular weight is 338 g/mol. The van der Waals surface area contributed by atoms with Crippen molar-refractivity contribution in [1.29, 1.82) is 0 Å². The van der Waals surface area contributed by atoms with Gasteiger partial charge >= 0.3 is 6.18 Å². The summed E-state index contributed by atoms with van der Waals surface area (Å²) < 4.78 is 37.2. The van der Waals surface area contributed by atoms with Crippen molar-refractivity contribution >= 4 is 18.3 Å². The number of hydrogen-bond donors (Lipinski definition) is 2. The van der Waals surface area contributed by atoms with Crippen LogP contribution in [0.3, 0.4) is 0 Å². The zero-order valence-corrected chi connectivity index (χ0v) is 12.7. The molecule has 3 N–H and O–H groups in total. The van der Waals surface area contributed by atoms with E-state index in [0.717, 1.165) is 44.0 Å². The smallest absolute Gasteiger partial charge is 0.348 e. The third kappa shape index (κ3) is 4.58. The van der Waals surface area contributed by atoms with Gasteiger partial charge in [0.2, 0.25) is 0 Å². The van der Waals surface area contributed by atoms with Gasteiger partial charge in [-0.25, -0.2) is 0 Å². The summed E-state index contributed by atoms with van der Waals surface area (Å²) >= 11 is 0. The second kappa shape index (κ2) is 7.78. The van der Waals surface area contributed by atoms with Crippen molar-refractivity contribution in [1.82, 2.24) is 10.3 Å². The first kappa shape index (κ1) is 18.7. The molecule has 1 fully saturated rings. The van der Waals surface area contributed by atoms with Crippen LogP contribution in [0.2, 0.25) is 0 Å². The van der Waals surface area contributed by atoms with Crippen LogP contribution >= 0.6 is 12.4 Å². The van der Waals surface area contributed by atoms with E-state index in [-0.39, 0.29) is 24.0 Å². The average Bonchev–Trinajstić information content (AvgIpc) is 2.97. The number of aromatic nitrogens is 1. The van der Waals surface area contributed by atoms with Crippen LogP contribution in [-0.4, -0.2) is 23.5 Å². The Balaban J connectivity index is 0.00000242. The van der Waals surface area contributed by atoms with Gasteiger partial charge in [0.1, 0.15) is 5.69 Å². The molecule has 1 aliphatic carbocycles. The van der Waals surface area contributed by atoms with Crippen LogP contribution in [-0.2, 0) is 6.18 Å². The molecule has 22 heavy (non-hydrogen) atoms. The molecule has 1 saturated carbocycles. The summed E-state index contributed by atoms with van der Waals surface area (Å²) in [5, 5.41) is 2.80. The Morgan fingerprint density at radius 3 is 2.45 bits per heavy atom. The van der Waals surface area contributed by atoms with Crippen LogP contribution in [0.15, 0.2) is 18.3 Å². The highest BCUT2D eigenvalue weighted by atomic mass is 35.5. The quantitative estimate of drug-likeness (QED) is 0.887. The topological polar surface area (TPSA) is 68.0 Å². The molecular formula is C14H19ClF3N3O. The number of pyridine rings is 1. The van der Waals surface area contributed by atoms with Crippen LogP contribution in [0.1, 0.15) is 41.7 Å². The van der Waals surface area contributed by atoms with Gasteiger partial charge in [-0.15, -0.1) is 12.4 Å². The molecule has 1 aromatic rings. The SMILES string of the molecule is Cl.NCC(NC(=O)c1ccc(C(F)(F)F)nc1)C1CCCC1. The Bertz CT molecular complexity index is 487. The van der Waals surface area contributed by atoms with Crippen molar-refractivity contribution in [2.45, 2.75) is 37.9 Å². The van der Waals surface area contributed by atoms with Crippen LogP contribution in [0.25, 0.3) is 0 Å². The maximum absolute atomic E-state index is 12.4. The van der Waals surface area contributed by atoms with Crippen LogP contribution < -0.4 is 11.1 Å². The lowest BCUT2D eigenvalue weighted by molar-refractivity contribution is -0.141. The highest BCUT2D eigenvalue weighted by molar-refractivity contribution is 5.94. The number of nitrogens with two attached hydrogens (primary N) is 1. The summed E-state index contributed by atoms with van der Waals surface area (Å²) in [6.45, 7) is 0.324. The summed E-state index contributed by atoms with van der Waals surface area (Å²) in [6, 6.07) is 1.80. The molecule has 124 valence electrons. The maximum atomic E-state index is 12.4. The molecule has 1 heterocycles. The van der Waals surface area contributed by atoms with Gasteiger partial charge in [-0.2, -0.15) is 13.2 Å². The largest absolute Gasteiger partial charge is 0.433 e. The number of alkyl halides is 3. The lowest BCUT2D eigenvalue weighted by Gasteiger charge is -2.23. The van der Waals surface area contributed by atoms with Gasteiger partial charge in [0, 0.05) is 18.8 Å². The van der Waals surface area contributed by atoms with Crippen LogP contribution in [0.4, 0.5) is 13.2 Å². The molecule has 1 atom stereocenters. The molecule has 0 aromatic carbocycles. The van der Waals surface area contributed by atoms with E-state index < -0.39 is 17.8 Å². The van der Waals surface area contributed by atoms with E-state index in [1.54, 1.807) is 0 Å². The van der Waals surface area contributed by atoms with E-state index in [1.165, 1.54) is 0 Å². The summed E-state index contributed by atoms with van der Waals surface area (Å²) in [5.74, 6) is -0.0834. The van der Waals surface area contributed by atoms with Crippen molar-refractivity contribution in [3.8, 4) is 0 Å². The number of halogens is 4. The summed E-state index contributed by atoms with van der Waals surface area (Å²) in [7, 11) is 0. The number of nitrogens with one attached hydrogen (secondary N) is 1. The van der Waals surface area contributed by atoms with Gasteiger partial charge in [0.25, 0.3) is 5.91 Å². The maximum Gasteiger partial charge on any atom is 0.433 e. The zero-order chi connectivity index (χ0) is 15.5. The minimum absolute atomic E-state index is 0. The Labute approximate surface area is 133 Å². The molecule has 0 bridgehead atoms. The third-order valence-electron chi connectivity index (χ3n) is 3.86. The van der Waals surface area contributed by atoms with Gasteiger partial charge in [-0.3, -0.25) is 9.78 Å². The van der Waals surface area contributed by atoms with Crippen LogP contribution in [0.5, 0.6) is 0 Å². The van der Waals surface area contributed by atoms with E-state index >= 15 is 0 Å². The molecule has 0 aliphatic heterocycles. The second-order valence-corrected chi connectivity index (χ2v) is 5.29. The van der Waals surface area contributed by atoms with Crippen molar-refractivity contribution in [2.24, 2.45) is 11.7 Å². The van der Waals surface area contributed by atoms with E-state index in [9.17, 15) is 18.0 Å². The molecule has 1 unspecified atom stereocenters. The molecule has 2 rings (SSSR count). The van der Waals surface area contributed by atoms with Gasteiger partial charge in [-0.05, 0) is 30.9 Å². The number of nitrogens with zero attached hydrogens (tertiary/aromatic N) is 1. The molecule has 1 aliphatic rings. The third-order valence-corrected chi connectivity index (χ3v) is 3.86. The second-order valence-electron chi connectivity index (χ2n) is 5.29. The Morgan fingerprint density at radius 2 is 2.00 bits per heavy atom. The van der Waals surface area contributed by atoms with E-state index in [2.05, 4.69) is 10.3 Å². The van der Waals surface area contributed by atoms with E-state index in [4.69, 9.17) is 5.73 Å². The molecule has 1 aromatic heterocycles. The van der Waals surface area contributed by atoms with E-state index in [0.29, 0.717) is 12.5 Å². The first-order chi connectivity index (χ1) is 9.91. The monoisotopic (exact) mass is 337 g/mol. The first-order valence-electron chi connectivity index (χ1n) is 6.96. The Kier molecular flexibility index (Phi) is 6.62. The predicted molar refractivity (Wildman–Crippen MR) is 78.8 cm³/mol. The molecule has 1 amide bonds. The fourth-order valence-corrected chi connectivity index (χ4v) is 2.68. The number of rotatable bonds is 4. The van der Waals surface area contributed by atoms with Gasteiger partial charge < -0.3 is 11.1 Å². The highest BCUT2D eigenvalue weighted by Gasteiger charge is 2.32. The van der Waals surface area contributed by atoms with Crippen molar-refractivity contribution in [2.75, 3.05) is 6.54 Å². The normalized spacial score (nSPS) is 16.9. The molecule has 8 heteroatoms. The molecule has 0 spiro atoms. The Hall–Kier alpha value is -1.34. The lowest BCUT2D eigenvalue weighted by Crippen LogP contribution is -2.44. The molecular weight excluding hydrogens is 319 g/mol. The minimum atomic E-state index is -4.50. The fourth-order valence-electron chi connectivity index (χ4n) is 2.68. The first-order valence-corrected chi connectivity index (χ1v) is 6.96. The van der Waals surface area contributed by atoms with Crippen LogP contribution in [0, 0.1) is 5.92 Å². The predicted octanol–water partition coefficient (Wildman–Crippen LogP) is 2.77. The Morgan fingerprint density at radius 1 is 1.36 bits per heavy atom. The van der Waals surface area contributed by atoms with E-state index in [1.807, 2.05) is 0 Å². The number of amides is 1. The van der Waals surface area contributed by atoms with Gasteiger partial charge in [-0.1, -0.05) is 12.8 Å². The molecule has 4 nitrogen and oxygen atoms in total. The van der Waals surface area contributed by atoms with Gasteiger partial charge in [0.05, 0.1) is 5.56 Å². The zero-order valence-electron chi connectivity index (χ0n) is 11.9. The lowest BCUT2D eigenvalue weighted by atomic mass is 9.98. The molecule has 0 radical (unpaired) electrons. The number of hydrogen-bond acceptors (Lipinski definition) is 3. The van der Waals surface area contributed by atoms with Crippen molar-refractivity contribution < 1.29 is 18.0 Å². The summed E-state index contributed by atoms with van der Waals surface area (Å²) in [5.41, 5.74) is 4.78. The van der Waals surface area contributed by atoms with Gasteiger partial charge in [0.15, 0.2) is 0 Å². The highest BCUT2D eigenvalue weighted by Crippen LogP contribution is 2.28. The number of carbonyl (C=O) groups is 1. The standard InChI is InChI=1S/C14H18F3N3O.ClH/c15-14(16,17)12-6-5-10(8-19-12)13(21)20-11(7-18)9-3-1-2-4-9;/h5-6,8-9,11H,1-4,7,18H2,(H,20,21);1H. The summed E-state index contributed by atoms with van der Waals surface area (Å²) in [6.07, 6.45) is 0.734. The van der Waals surface area contributed by atoms with Crippen molar-refractivity contribution in [3.63, 3.8) is 0 Å². The molecule has 0 saturated heterocycles. The fraction of sp³-hybridized carbons (Fsp3) is 0.571.